The van der Waals surface area contributed by atoms with E-state index in [-0.39, 0.29) is 0 Å². The summed E-state index contributed by atoms with van der Waals surface area (Å²) in [6, 6.07) is 7.24. The first-order chi connectivity index (χ1) is 10.1. The van der Waals surface area contributed by atoms with Crippen LogP contribution in [0.15, 0.2) is 23.8 Å². The molecular weight excluding hydrogens is 256 g/mol. The Kier molecular flexibility index (Phi) is 2.80. The van der Waals surface area contributed by atoms with Gasteiger partial charge in [0.2, 0.25) is 0 Å². The molecule has 2 aliphatic rings. The number of nitrogens with one attached hydrogen (secondary N) is 1. The number of benzene rings is 1. The maximum atomic E-state index is 3.57. The number of nitrogens with zero attached hydrogens (tertiary/aromatic N) is 1. The zero-order chi connectivity index (χ0) is 14.7. The molecule has 21 heavy (non-hydrogen) atoms. The lowest BCUT2D eigenvalue weighted by atomic mass is 9.86. The average molecular weight is 280 g/mol. The van der Waals surface area contributed by atoms with Crippen molar-refractivity contribution in [2.24, 2.45) is 11.8 Å². The van der Waals surface area contributed by atoms with E-state index in [1.165, 1.54) is 34.3 Å². The van der Waals surface area contributed by atoms with Crippen LogP contribution in [0.25, 0.3) is 17.0 Å². The van der Waals surface area contributed by atoms with Crippen LogP contribution in [0, 0.1) is 18.8 Å². The minimum Gasteiger partial charge on any atom is -0.358 e. The zero-order valence-electron chi connectivity index (χ0n) is 13.4. The normalized spacial score (nSPS) is 25.3. The van der Waals surface area contributed by atoms with E-state index in [1.807, 2.05) is 0 Å². The summed E-state index contributed by atoms with van der Waals surface area (Å²) in [7, 11) is 2.29. The van der Waals surface area contributed by atoms with Gasteiger partial charge in [0.15, 0.2) is 0 Å². The summed E-state index contributed by atoms with van der Waals surface area (Å²) in [5.74, 6) is 1.41. The summed E-state index contributed by atoms with van der Waals surface area (Å²) in [6.45, 7) is 8.14. The summed E-state index contributed by atoms with van der Waals surface area (Å²) in [5.41, 5.74) is 7.21. The number of hydrogen-bond acceptors (Lipinski definition) is 1. The van der Waals surface area contributed by atoms with Crippen molar-refractivity contribution in [1.82, 2.24) is 9.88 Å². The van der Waals surface area contributed by atoms with Crippen molar-refractivity contribution in [2.75, 3.05) is 13.6 Å². The fraction of sp³-hybridized carbons (Fsp3) is 0.474. The lowest BCUT2D eigenvalue weighted by Gasteiger charge is -2.20. The molecule has 0 spiro atoms. The van der Waals surface area contributed by atoms with E-state index >= 15 is 0 Å². The smallest absolute Gasteiger partial charge is 0.0464 e. The molecule has 110 valence electrons. The van der Waals surface area contributed by atoms with Gasteiger partial charge >= 0.3 is 0 Å². The number of fused-ring (bicyclic) bond motifs is 1. The molecule has 0 saturated carbocycles. The monoisotopic (exact) mass is 280 g/mol. The second kappa shape index (κ2) is 4.48. The number of aromatic nitrogens is 1. The number of H-pyrrole nitrogens is 1. The molecule has 2 heterocycles. The summed E-state index contributed by atoms with van der Waals surface area (Å²) >= 11 is 0. The maximum absolute atomic E-state index is 3.57. The van der Waals surface area contributed by atoms with E-state index < -0.39 is 0 Å². The molecule has 1 aliphatic heterocycles. The highest BCUT2D eigenvalue weighted by molar-refractivity contribution is 5.94. The van der Waals surface area contributed by atoms with Crippen LogP contribution in [0.2, 0.25) is 0 Å². The average Bonchev–Trinajstić information content (AvgIpc) is 2.84. The lowest BCUT2D eigenvalue weighted by molar-refractivity contribution is 0.303. The zero-order valence-corrected chi connectivity index (χ0v) is 13.4. The molecule has 2 atom stereocenters. The van der Waals surface area contributed by atoms with E-state index in [4.69, 9.17) is 0 Å². The lowest BCUT2D eigenvalue weighted by Crippen LogP contribution is -2.27. The van der Waals surface area contributed by atoms with Gasteiger partial charge in [-0.2, -0.15) is 0 Å². The van der Waals surface area contributed by atoms with E-state index in [1.54, 1.807) is 5.57 Å². The van der Waals surface area contributed by atoms with Crippen molar-refractivity contribution in [3.63, 3.8) is 0 Å². The molecule has 2 unspecified atom stereocenters. The summed E-state index contributed by atoms with van der Waals surface area (Å²) < 4.78 is 0. The standard InChI is InChI=1S/C19H24N2/c1-11(2)16-10-21(4)18-9-14-12(3)20-17-7-5-6-13(19(14)17)8-15(16)18/h5-8,11,16,18,20H,9-10H2,1-4H3. The molecule has 0 bridgehead atoms. The molecule has 0 amide bonds. The van der Waals surface area contributed by atoms with E-state index in [0.717, 1.165) is 6.42 Å². The molecule has 1 aromatic heterocycles. The molecule has 2 aromatic rings. The summed E-state index contributed by atoms with van der Waals surface area (Å²) in [4.78, 5) is 6.12. The Morgan fingerprint density at radius 3 is 2.86 bits per heavy atom. The molecule has 0 radical (unpaired) electrons. The van der Waals surface area contributed by atoms with E-state index in [0.29, 0.717) is 17.9 Å². The molecule has 2 heteroatoms. The molecule has 2 nitrogen and oxygen atoms in total. The molecule has 4 rings (SSSR count). The highest BCUT2D eigenvalue weighted by atomic mass is 15.2. The third-order valence-corrected chi connectivity index (χ3v) is 5.53. The fourth-order valence-corrected chi connectivity index (χ4v) is 4.34. The van der Waals surface area contributed by atoms with Crippen LogP contribution in [0.4, 0.5) is 0 Å². The molecule has 1 saturated heterocycles. The second-order valence-corrected chi connectivity index (χ2v) is 7.15. The number of likely N-dealkylation sites (tertiary alicyclic amines) is 1. The van der Waals surface area contributed by atoms with E-state index in [9.17, 15) is 0 Å². The van der Waals surface area contributed by atoms with Crippen molar-refractivity contribution in [3.05, 3.63) is 40.6 Å². The Hall–Kier alpha value is -1.54. The van der Waals surface area contributed by atoms with Crippen LogP contribution in [0.5, 0.6) is 0 Å². The first-order valence-electron chi connectivity index (χ1n) is 8.08. The van der Waals surface area contributed by atoms with Gasteiger partial charge in [0.25, 0.3) is 0 Å². The first-order valence-corrected chi connectivity index (χ1v) is 8.08. The Morgan fingerprint density at radius 2 is 2.10 bits per heavy atom. The topological polar surface area (TPSA) is 19.0 Å². The molecule has 1 aromatic carbocycles. The van der Waals surface area contributed by atoms with Crippen LogP contribution in [0.3, 0.4) is 0 Å². The van der Waals surface area contributed by atoms with Crippen molar-refractivity contribution < 1.29 is 0 Å². The van der Waals surface area contributed by atoms with Gasteiger partial charge in [-0.05, 0) is 55.0 Å². The SMILES string of the molecule is Cc1[nH]c2cccc3c2c1CC1C(=C3)C(C(C)C)CN1C. The molecule has 1 aliphatic carbocycles. The Balaban J connectivity index is 1.96. The van der Waals surface area contributed by atoms with Crippen molar-refractivity contribution in [1.29, 1.82) is 0 Å². The highest BCUT2D eigenvalue weighted by Gasteiger charge is 2.38. The van der Waals surface area contributed by atoms with Gasteiger partial charge in [0.05, 0.1) is 0 Å². The fourth-order valence-electron chi connectivity index (χ4n) is 4.34. The molecule has 1 N–H and O–H groups in total. The number of hydrogen-bond donors (Lipinski definition) is 1. The van der Waals surface area contributed by atoms with Crippen molar-refractivity contribution in [3.8, 4) is 0 Å². The Labute approximate surface area is 126 Å². The van der Waals surface area contributed by atoms with Crippen molar-refractivity contribution in [2.45, 2.75) is 33.2 Å². The predicted molar refractivity (Wildman–Crippen MR) is 89.5 cm³/mol. The number of rotatable bonds is 1. The van der Waals surface area contributed by atoms with Crippen LogP contribution < -0.4 is 0 Å². The first kappa shape index (κ1) is 13.1. The largest absolute Gasteiger partial charge is 0.358 e. The van der Waals surface area contributed by atoms with Crippen molar-refractivity contribution >= 4 is 17.0 Å². The van der Waals surface area contributed by atoms with Gasteiger partial charge in [0, 0.05) is 29.2 Å². The minimum atomic E-state index is 0.572. The second-order valence-electron chi connectivity index (χ2n) is 7.15. The minimum absolute atomic E-state index is 0.572. The van der Waals surface area contributed by atoms with Gasteiger partial charge in [-0.15, -0.1) is 0 Å². The maximum Gasteiger partial charge on any atom is 0.0464 e. The summed E-state index contributed by atoms with van der Waals surface area (Å²) in [5, 5.41) is 1.45. The van der Waals surface area contributed by atoms with Gasteiger partial charge < -0.3 is 4.98 Å². The Bertz CT molecular complexity index is 735. The number of aryl methyl sites for hydroxylation is 1. The van der Waals surface area contributed by atoms with Gasteiger partial charge in [0.1, 0.15) is 0 Å². The Morgan fingerprint density at radius 1 is 1.29 bits per heavy atom. The van der Waals surface area contributed by atoms with Crippen LogP contribution in [0.1, 0.15) is 30.7 Å². The molecule has 1 fully saturated rings. The van der Waals surface area contributed by atoms with Gasteiger partial charge in [-0.3, -0.25) is 4.90 Å². The summed E-state index contributed by atoms with van der Waals surface area (Å²) in [6.07, 6.45) is 3.64. The van der Waals surface area contributed by atoms with Crippen LogP contribution in [-0.4, -0.2) is 29.5 Å². The van der Waals surface area contributed by atoms with E-state index in [2.05, 4.69) is 62.0 Å². The third kappa shape index (κ3) is 1.82. The quantitative estimate of drug-likeness (QED) is 0.836. The van der Waals surface area contributed by atoms with Crippen LogP contribution >= 0.6 is 0 Å². The molecular formula is C19H24N2. The highest BCUT2D eigenvalue weighted by Crippen LogP contribution is 2.41. The predicted octanol–water partition coefficient (Wildman–Crippen LogP) is 4.00. The number of aromatic amines is 1. The number of likely N-dealkylation sites (N-methyl/N-ethyl adjacent to an activating group) is 1. The third-order valence-electron chi connectivity index (χ3n) is 5.53. The van der Waals surface area contributed by atoms with Gasteiger partial charge in [-0.1, -0.05) is 32.1 Å². The van der Waals surface area contributed by atoms with Gasteiger partial charge in [-0.25, -0.2) is 0 Å². The van der Waals surface area contributed by atoms with Crippen LogP contribution in [-0.2, 0) is 6.42 Å².